The van der Waals surface area contributed by atoms with Crippen molar-refractivity contribution < 1.29 is 14.0 Å². The van der Waals surface area contributed by atoms with Gasteiger partial charge < -0.3 is 4.42 Å². The van der Waals surface area contributed by atoms with Gasteiger partial charge in [-0.05, 0) is 36.6 Å². The number of amides is 2. The van der Waals surface area contributed by atoms with Crippen molar-refractivity contribution in [2.75, 3.05) is 0 Å². The Morgan fingerprint density at radius 2 is 1.64 bits per heavy atom. The van der Waals surface area contributed by atoms with Crippen LogP contribution in [0.4, 0.5) is 0 Å². The Hall–Kier alpha value is -3.08. The number of nitrogens with one attached hydrogen (secondary N) is 2. The molecule has 5 heteroatoms. The van der Waals surface area contributed by atoms with E-state index in [4.69, 9.17) is 4.42 Å². The number of benzene rings is 2. The molecule has 0 atom stereocenters. The first kappa shape index (κ1) is 16.8. The number of hydrazine groups is 1. The summed E-state index contributed by atoms with van der Waals surface area (Å²) >= 11 is 0. The lowest BCUT2D eigenvalue weighted by Gasteiger charge is -2.07. The molecule has 0 aliphatic heterocycles. The quantitative estimate of drug-likeness (QED) is 0.720. The topological polar surface area (TPSA) is 71.3 Å². The lowest BCUT2D eigenvalue weighted by molar-refractivity contribution is -0.128. The number of hydrogen-bond donors (Lipinski definition) is 2. The van der Waals surface area contributed by atoms with E-state index in [9.17, 15) is 9.59 Å². The fourth-order valence-corrected chi connectivity index (χ4v) is 2.94. The molecular formula is C20H20N2O3. The molecule has 0 radical (unpaired) electrons. The third-order valence-corrected chi connectivity index (χ3v) is 3.99. The number of carbonyl (C=O) groups excluding carboxylic acids is 2. The van der Waals surface area contributed by atoms with E-state index in [1.54, 1.807) is 6.26 Å². The van der Waals surface area contributed by atoms with Crippen LogP contribution in [0, 0.1) is 13.8 Å². The lowest BCUT2D eigenvalue weighted by atomic mass is 10.0. The van der Waals surface area contributed by atoms with Gasteiger partial charge in [0.2, 0.25) is 11.8 Å². The Kier molecular flexibility index (Phi) is 4.84. The lowest BCUT2D eigenvalue weighted by Crippen LogP contribution is -2.43. The van der Waals surface area contributed by atoms with Crippen molar-refractivity contribution in [1.82, 2.24) is 10.9 Å². The standard InChI is InChI=1S/C20H20N2O3/c1-13-8-14(2)20-16(12-25-17(20)9-13)11-19(24)22-21-18(23)10-15-6-4-3-5-7-15/h3-9,12H,10-11H2,1-2H3,(H,21,23)(H,22,24). The second-order valence-corrected chi connectivity index (χ2v) is 6.15. The van der Waals surface area contributed by atoms with Crippen molar-refractivity contribution in [3.05, 3.63) is 71.0 Å². The highest BCUT2D eigenvalue weighted by atomic mass is 16.3. The molecule has 2 N–H and O–H groups in total. The minimum atomic E-state index is -0.288. The van der Waals surface area contributed by atoms with Crippen LogP contribution in [0.3, 0.4) is 0 Å². The highest BCUT2D eigenvalue weighted by Gasteiger charge is 2.13. The van der Waals surface area contributed by atoms with Crippen LogP contribution in [0.1, 0.15) is 22.3 Å². The second kappa shape index (κ2) is 7.21. The maximum Gasteiger partial charge on any atom is 0.242 e. The van der Waals surface area contributed by atoms with E-state index in [-0.39, 0.29) is 24.7 Å². The minimum absolute atomic E-state index is 0.141. The van der Waals surface area contributed by atoms with Crippen LogP contribution in [0.25, 0.3) is 11.0 Å². The Morgan fingerprint density at radius 1 is 0.960 bits per heavy atom. The molecule has 2 amide bonds. The average Bonchev–Trinajstić information content (AvgIpc) is 2.96. The zero-order chi connectivity index (χ0) is 17.8. The Labute approximate surface area is 146 Å². The van der Waals surface area contributed by atoms with E-state index in [0.717, 1.165) is 33.2 Å². The molecule has 0 bridgehead atoms. The monoisotopic (exact) mass is 336 g/mol. The largest absolute Gasteiger partial charge is 0.464 e. The number of aryl methyl sites for hydroxylation is 2. The molecule has 1 heterocycles. The smallest absolute Gasteiger partial charge is 0.242 e. The van der Waals surface area contributed by atoms with Gasteiger partial charge in [-0.15, -0.1) is 0 Å². The highest BCUT2D eigenvalue weighted by Crippen LogP contribution is 2.26. The van der Waals surface area contributed by atoms with E-state index in [1.165, 1.54) is 0 Å². The Balaban J connectivity index is 1.59. The average molecular weight is 336 g/mol. The van der Waals surface area contributed by atoms with Crippen LogP contribution < -0.4 is 10.9 Å². The summed E-state index contributed by atoms with van der Waals surface area (Å²) in [6.45, 7) is 4.00. The molecule has 128 valence electrons. The summed E-state index contributed by atoms with van der Waals surface area (Å²) < 4.78 is 5.55. The van der Waals surface area contributed by atoms with Crippen LogP contribution >= 0.6 is 0 Å². The highest BCUT2D eigenvalue weighted by molar-refractivity contribution is 5.91. The summed E-state index contributed by atoms with van der Waals surface area (Å²) in [4.78, 5) is 24.0. The molecule has 25 heavy (non-hydrogen) atoms. The Bertz CT molecular complexity index is 913. The summed E-state index contributed by atoms with van der Waals surface area (Å²) in [6.07, 6.45) is 1.96. The van der Waals surface area contributed by atoms with Gasteiger partial charge in [-0.3, -0.25) is 20.4 Å². The molecule has 0 aliphatic rings. The predicted octanol–water partition coefficient (Wildman–Crippen LogP) is 2.98. The molecular weight excluding hydrogens is 316 g/mol. The van der Waals surface area contributed by atoms with E-state index in [2.05, 4.69) is 16.9 Å². The first-order chi connectivity index (χ1) is 12.0. The van der Waals surface area contributed by atoms with Crippen molar-refractivity contribution in [1.29, 1.82) is 0 Å². The number of fused-ring (bicyclic) bond motifs is 1. The van der Waals surface area contributed by atoms with Crippen LogP contribution in [-0.4, -0.2) is 11.8 Å². The molecule has 0 unspecified atom stereocenters. The fraction of sp³-hybridized carbons (Fsp3) is 0.200. The third kappa shape index (κ3) is 4.07. The molecule has 3 aromatic rings. The van der Waals surface area contributed by atoms with Gasteiger partial charge in [0.05, 0.1) is 19.1 Å². The molecule has 5 nitrogen and oxygen atoms in total. The van der Waals surface area contributed by atoms with E-state index in [1.807, 2.05) is 50.2 Å². The van der Waals surface area contributed by atoms with Crippen molar-refractivity contribution in [2.45, 2.75) is 26.7 Å². The van der Waals surface area contributed by atoms with E-state index >= 15 is 0 Å². The molecule has 0 spiro atoms. The summed E-state index contributed by atoms with van der Waals surface area (Å²) in [6, 6.07) is 13.4. The molecule has 0 aliphatic carbocycles. The summed E-state index contributed by atoms with van der Waals surface area (Å²) in [7, 11) is 0. The van der Waals surface area contributed by atoms with E-state index in [0.29, 0.717) is 0 Å². The third-order valence-electron chi connectivity index (χ3n) is 3.99. The van der Waals surface area contributed by atoms with Gasteiger partial charge >= 0.3 is 0 Å². The van der Waals surface area contributed by atoms with Gasteiger partial charge in [0.15, 0.2) is 0 Å². The number of rotatable bonds is 4. The van der Waals surface area contributed by atoms with Gasteiger partial charge in [-0.2, -0.15) is 0 Å². The first-order valence-corrected chi connectivity index (χ1v) is 8.12. The zero-order valence-electron chi connectivity index (χ0n) is 14.3. The summed E-state index contributed by atoms with van der Waals surface area (Å²) in [5.41, 5.74) is 9.56. The van der Waals surface area contributed by atoms with Gasteiger partial charge in [0.25, 0.3) is 0 Å². The molecule has 0 saturated carbocycles. The van der Waals surface area contributed by atoms with Crippen molar-refractivity contribution in [3.63, 3.8) is 0 Å². The fourth-order valence-electron chi connectivity index (χ4n) is 2.94. The first-order valence-electron chi connectivity index (χ1n) is 8.12. The van der Waals surface area contributed by atoms with Crippen molar-refractivity contribution >= 4 is 22.8 Å². The van der Waals surface area contributed by atoms with Crippen LogP contribution in [0.5, 0.6) is 0 Å². The predicted molar refractivity (Wildman–Crippen MR) is 95.8 cm³/mol. The minimum Gasteiger partial charge on any atom is -0.464 e. The van der Waals surface area contributed by atoms with E-state index < -0.39 is 0 Å². The maximum absolute atomic E-state index is 12.1. The van der Waals surface area contributed by atoms with Crippen molar-refractivity contribution in [3.8, 4) is 0 Å². The number of furan rings is 1. The molecule has 0 fully saturated rings. The Morgan fingerprint density at radius 3 is 2.36 bits per heavy atom. The summed E-state index contributed by atoms with van der Waals surface area (Å²) in [5.74, 6) is -0.549. The number of hydrogen-bond acceptors (Lipinski definition) is 3. The molecule has 3 rings (SSSR count). The summed E-state index contributed by atoms with van der Waals surface area (Å²) in [5, 5.41) is 0.955. The van der Waals surface area contributed by atoms with Gasteiger partial charge in [-0.25, -0.2) is 0 Å². The SMILES string of the molecule is Cc1cc(C)c2c(CC(=O)NNC(=O)Cc3ccccc3)coc2c1. The number of carbonyl (C=O) groups is 2. The normalized spacial score (nSPS) is 10.6. The second-order valence-electron chi connectivity index (χ2n) is 6.15. The van der Waals surface area contributed by atoms with Crippen LogP contribution in [0.2, 0.25) is 0 Å². The molecule has 1 aromatic heterocycles. The van der Waals surface area contributed by atoms with Gasteiger partial charge in [0, 0.05) is 10.9 Å². The van der Waals surface area contributed by atoms with Crippen LogP contribution in [0.15, 0.2) is 53.1 Å². The zero-order valence-corrected chi connectivity index (χ0v) is 14.3. The molecule has 0 saturated heterocycles. The van der Waals surface area contributed by atoms with Crippen LogP contribution in [-0.2, 0) is 22.4 Å². The van der Waals surface area contributed by atoms with Gasteiger partial charge in [0.1, 0.15) is 5.58 Å². The van der Waals surface area contributed by atoms with Gasteiger partial charge in [-0.1, -0.05) is 36.4 Å². The molecule has 2 aromatic carbocycles. The van der Waals surface area contributed by atoms with Crippen molar-refractivity contribution in [2.24, 2.45) is 0 Å². The maximum atomic E-state index is 12.1.